The first-order chi connectivity index (χ1) is 19.4. The number of hydrogen-bond acceptors (Lipinski definition) is 10. The van der Waals surface area contributed by atoms with Crippen molar-refractivity contribution < 1.29 is 44.4 Å². The zero-order chi connectivity index (χ0) is 28.7. The van der Waals surface area contributed by atoms with E-state index in [0.29, 0.717) is 21.7 Å². The van der Waals surface area contributed by atoms with Gasteiger partial charge in [-0.05, 0) is 48.5 Å². The molecule has 5 aromatic rings. The van der Waals surface area contributed by atoms with Crippen molar-refractivity contribution in [3.63, 3.8) is 0 Å². The van der Waals surface area contributed by atoms with Crippen molar-refractivity contribution in [3.8, 4) is 0 Å². The van der Waals surface area contributed by atoms with Crippen LogP contribution in [0.2, 0.25) is 0 Å². The molecule has 2 aromatic carbocycles. The predicted octanol–water partition coefficient (Wildman–Crippen LogP) is 0.000700. The average molecular weight is 602 g/mol. The smallest absolute Gasteiger partial charge is 0.628 e. The minimum absolute atomic E-state index is 0. The SMILES string of the molecule is O=C([O-])c1nc2ccccc2[nH]c1=O.O=C1N=c2ccccc2=N/C1=C(\[O-])O.[Zn+2].c1ccncc1.c1ccncc1. The maximum atomic E-state index is 11.1. The summed E-state index contributed by atoms with van der Waals surface area (Å²) in [6.45, 7) is 0. The zero-order valence-corrected chi connectivity index (χ0v) is 24.3. The third-order valence-corrected chi connectivity index (χ3v) is 4.67. The second-order valence-corrected chi connectivity index (χ2v) is 7.44. The largest absolute Gasteiger partial charge is 2.00 e. The quantitative estimate of drug-likeness (QED) is 0.151. The zero-order valence-electron chi connectivity index (χ0n) is 21.3. The van der Waals surface area contributed by atoms with Crippen molar-refractivity contribution in [1.29, 1.82) is 0 Å². The van der Waals surface area contributed by atoms with Gasteiger partial charge in [-0.2, -0.15) is 0 Å². The van der Waals surface area contributed by atoms with Crippen LogP contribution in [-0.4, -0.2) is 36.9 Å². The Morgan fingerprint density at radius 1 is 0.707 bits per heavy atom. The first kappa shape index (κ1) is 31.8. The molecule has 0 saturated heterocycles. The number of aromatic carboxylic acids is 1. The van der Waals surface area contributed by atoms with Gasteiger partial charge < -0.3 is 25.1 Å². The number of fused-ring (bicyclic) bond motifs is 2. The Kier molecular flexibility index (Phi) is 12.8. The van der Waals surface area contributed by atoms with Crippen molar-refractivity contribution in [2.45, 2.75) is 0 Å². The van der Waals surface area contributed by atoms with Crippen LogP contribution in [0.4, 0.5) is 0 Å². The molecule has 4 heterocycles. The number of nitrogens with zero attached hydrogens (tertiary/aromatic N) is 5. The number of aliphatic hydroxyl groups excluding tert-OH is 1. The Balaban J connectivity index is 0.000000204. The molecule has 2 N–H and O–H groups in total. The number of rotatable bonds is 1. The average Bonchev–Trinajstić information content (AvgIpc) is 2.99. The van der Waals surface area contributed by atoms with Gasteiger partial charge in [-0.3, -0.25) is 19.6 Å². The fraction of sp³-hybridized carbons (Fsp3) is 0. The molecule has 0 radical (unpaired) electrons. The van der Waals surface area contributed by atoms with Crippen molar-refractivity contribution in [2.75, 3.05) is 0 Å². The van der Waals surface area contributed by atoms with Crippen LogP contribution < -0.4 is 26.5 Å². The molecule has 200 valence electrons. The van der Waals surface area contributed by atoms with Crippen LogP contribution in [0.1, 0.15) is 10.5 Å². The van der Waals surface area contributed by atoms with Crippen LogP contribution in [0.5, 0.6) is 0 Å². The van der Waals surface area contributed by atoms with Gasteiger partial charge in [-0.1, -0.05) is 36.4 Å². The molecule has 1 amide bonds. The minimum atomic E-state index is -1.57. The summed E-state index contributed by atoms with van der Waals surface area (Å²) in [6.07, 6.45) is 7.00. The summed E-state index contributed by atoms with van der Waals surface area (Å²) >= 11 is 0. The number of aromatic amines is 1. The molecule has 41 heavy (non-hydrogen) atoms. The van der Waals surface area contributed by atoms with E-state index in [0.717, 1.165) is 0 Å². The molecule has 0 saturated carbocycles. The van der Waals surface area contributed by atoms with E-state index in [9.17, 15) is 24.6 Å². The van der Waals surface area contributed by atoms with Crippen LogP contribution >= 0.6 is 0 Å². The second-order valence-electron chi connectivity index (χ2n) is 7.44. The molecule has 13 heteroatoms. The number of carbonyl (C=O) groups excluding carboxylic acids is 2. The Labute approximate surface area is 244 Å². The van der Waals surface area contributed by atoms with Crippen LogP contribution in [0.3, 0.4) is 0 Å². The first-order valence-electron chi connectivity index (χ1n) is 11.4. The summed E-state index contributed by atoms with van der Waals surface area (Å²) in [7, 11) is 0. The van der Waals surface area contributed by atoms with Gasteiger partial charge in [0.05, 0.1) is 33.7 Å². The molecule has 0 spiro atoms. The fourth-order valence-corrected chi connectivity index (χ4v) is 2.92. The molecule has 1 aliphatic heterocycles. The Hall–Kier alpha value is -5.42. The number of nitrogens with one attached hydrogen (secondary N) is 1. The number of carboxylic acid groups (broad SMARTS) is 1. The van der Waals surface area contributed by atoms with Gasteiger partial charge in [-0.25, -0.2) is 15.0 Å². The van der Waals surface area contributed by atoms with E-state index in [4.69, 9.17) is 5.11 Å². The number of carboxylic acids is 1. The summed E-state index contributed by atoms with van der Waals surface area (Å²) in [5.74, 6) is -3.73. The van der Waals surface area contributed by atoms with Gasteiger partial charge in [0.25, 0.3) is 11.5 Å². The monoisotopic (exact) mass is 600 g/mol. The van der Waals surface area contributed by atoms with Crippen LogP contribution in [0.25, 0.3) is 11.0 Å². The molecule has 0 aliphatic carbocycles. The molecule has 6 rings (SSSR count). The van der Waals surface area contributed by atoms with E-state index in [-0.39, 0.29) is 19.5 Å². The van der Waals surface area contributed by atoms with Gasteiger partial charge in [-0.15, -0.1) is 0 Å². The van der Waals surface area contributed by atoms with E-state index in [1.54, 1.807) is 73.3 Å². The molecule has 3 aromatic heterocycles. The summed E-state index contributed by atoms with van der Waals surface area (Å²) in [4.78, 5) is 53.7. The number of pyridine rings is 2. The molecule has 1 aliphatic rings. The number of hydrogen-bond donors (Lipinski definition) is 2. The molecular weight excluding hydrogens is 582 g/mol. The van der Waals surface area contributed by atoms with Gasteiger partial charge in [0, 0.05) is 24.8 Å². The topological polar surface area (TPSA) is 197 Å². The number of aromatic nitrogens is 4. The summed E-state index contributed by atoms with van der Waals surface area (Å²) in [6, 6.07) is 24.7. The third kappa shape index (κ3) is 10.0. The number of H-pyrrole nitrogens is 1. The Bertz CT molecular complexity index is 1710. The van der Waals surface area contributed by atoms with E-state index >= 15 is 0 Å². The van der Waals surface area contributed by atoms with Gasteiger partial charge in [0.1, 0.15) is 0 Å². The minimum Gasteiger partial charge on any atom is -0.628 e. The second kappa shape index (κ2) is 16.5. The van der Waals surface area contributed by atoms with E-state index < -0.39 is 34.8 Å². The standard InChI is InChI=1S/2C9H6N2O3.2C5H5N.Zn/c2*12-8-7(9(13)14)10-5-3-1-2-4-6(5)11-8;2*1-2-4-6-5-3-1;/h1-4H,(H,11,12)(H,13,14);1-4,13-14H;2*1-5H;/q;;;;+2/p-2. The molecule has 0 atom stereocenters. The van der Waals surface area contributed by atoms with E-state index in [1.807, 2.05) is 36.4 Å². The van der Waals surface area contributed by atoms with Gasteiger partial charge >= 0.3 is 19.5 Å². The number of aliphatic hydroxyl groups is 1. The number of carbonyl (C=O) groups is 2. The van der Waals surface area contributed by atoms with Gasteiger partial charge in [0.2, 0.25) is 0 Å². The van der Waals surface area contributed by atoms with Crippen molar-refractivity contribution in [3.05, 3.63) is 148 Å². The van der Waals surface area contributed by atoms with Crippen LogP contribution in [-0.2, 0) is 24.3 Å². The molecule has 0 bridgehead atoms. The summed E-state index contributed by atoms with van der Waals surface area (Å²) in [5, 5.41) is 30.5. The normalized spacial score (nSPS) is 12.0. The van der Waals surface area contributed by atoms with Crippen LogP contribution in [0, 0.1) is 0 Å². The first-order valence-corrected chi connectivity index (χ1v) is 11.4. The number of amides is 1. The van der Waals surface area contributed by atoms with Crippen molar-refractivity contribution >= 4 is 22.9 Å². The predicted molar refractivity (Wildman–Crippen MR) is 139 cm³/mol. The van der Waals surface area contributed by atoms with E-state index in [2.05, 4.69) is 29.9 Å². The van der Waals surface area contributed by atoms with Crippen LogP contribution in [0.15, 0.2) is 136 Å². The maximum absolute atomic E-state index is 11.1. The summed E-state index contributed by atoms with van der Waals surface area (Å²) < 4.78 is 0. The third-order valence-electron chi connectivity index (χ3n) is 4.67. The maximum Gasteiger partial charge on any atom is 2.00 e. The van der Waals surface area contributed by atoms with Crippen molar-refractivity contribution in [2.24, 2.45) is 9.98 Å². The number of benzene rings is 2. The number of para-hydroxylation sites is 4. The van der Waals surface area contributed by atoms with Crippen molar-refractivity contribution in [1.82, 2.24) is 19.9 Å². The Morgan fingerprint density at radius 3 is 1.68 bits per heavy atom. The van der Waals surface area contributed by atoms with E-state index in [1.165, 1.54) is 0 Å². The molecular formula is C28H20N6O6Zn. The Morgan fingerprint density at radius 2 is 1.22 bits per heavy atom. The van der Waals surface area contributed by atoms with Gasteiger partial charge in [0.15, 0.2) is 11.4 Å². The fourth-order valence-electron chi connectivity index (χ4n) is 2.92. The summed E-state index contributed by atoms with van der Waals surface area (Å²) in [5.41, 5.74) is -0.954. The molecule has 0 fully saturated rings. The molecule has 0 unspecified atom stereocenters. The molecule has 12 nitrogen and oxygen atoms in total.